The van der Waals surface area contributed by atoms with Gasteiger partial charge in [-0.15, -0.1) is 0 Å². The van der Waals surface area contributed by atoms with Crippen molar-refractivity contribution in [1.82, 2.24) is 10.3 Å². The standard InChI is InChI=1S/C12H12BrN3O2/c1-7(2)12(17)14-11-10(15-18-16-11)8-3-5-9(13)6-4-8/h3-7H,1-2H3,(H,14,16,17). The summed E-state index contributed by atoms with van der Waals surface area (Å²) in [4.78, 5) is 11.6. The van der Waals surface area contributed by atoms with Gasteiger partial charge in [-0.1, -0.05) is 41.9 Å². The maximum absolute atomic E-state index is 11.6. The molecule has 0 spiro atoms. The number of halogens is 1. The lowest BCUT2D eigenvalue weighted by Crippen LogP contribution is -2.18. The average Bonchev–Trinajstić information content (AvgIpc) is 2.78. The minimum atomic E-state index is -0.125. The third-order valence-corrected chi connectivity index (χ3v) is 2.90. The van der Waals surface area contributed by atoms with E-state index in [9.17, 15) is 4.79 Å². The van der Waals surface area contributed by atoms with Gasteiger partial charge in [0.15, 0.2) is 5.69 Å². The Kier molecular flexibility index (Phi) is 3.76. The zero-order valence-electron chi connectivity index (χ0n) is 9.98. The van der Waals surface area contributed by atoms with Crippen LogP contribution in [0.25, 0.3) is 11.3 Å². The Hall–Kier alpha value is -1.69. The van der Waals surface area contributed by atoms with Crippen LogP contribution in [0.4, 0.5) is 5.82 Å². The van der Waals surface area contributed by atoms with E-state index in [0.717, 1.165) is 10.0 Å². The highest BCUT2D eigenvalue weighted by atomic mass is 79.9. The number of hydrogen-bond acceptors (Lipinski definition) is 4. The summed E-state index contributed by atoms with van der Waals surface area (Å²) in [7, 11) is 0. The van der Waals surface area contributed by atoms with Crippen molar-refractivity contribution in [1.29, 1.82) is 0 Å². The molecule has 1 aromatic carbocycles. The molecule has 18 heavy (non-hydrogen) atoms. The number of anilines is 1. The zero-order chi connectivity index (χ0) is 13.1. The molecule has 0 unspecified atom stereocenters. The molecule has 0 aliphatic heterocycles. The van der Waals surface area contributed by atoms with Crippen molar-refractivity contribution < 1.29 is 9.42 Å². The molecule has 1 aromatic heterocycles. The monoisotopic (exact) mass is 309 g/mol. The molecule has 0 radical (unpaired) electrons. The van der Waals surface area contributed by atoms with Crippen molar-refractivity contribution in [3.05, 3.63) is 28.7 Å². The Morgan fingerprint density at radius 2 is 1.94 bits per heavy atom. The van der Waals surface area contributed by atoms with Crippen LogP contribution in [0.3, 0.4) is 0 Å². The fourth-order valence-electron chi connectivity index (χ4n) is 1.33. The number of rotatable bonds is 3. The Labute approximate surface area is 113 Å². The number of carbonyl (C=O) groups is 1. The summed E-state index contributed by atoms with van der Waals surface area (Å²) in [5.74, 6) is 0.0968. The van der Waals surface area contributed by atoms with Gasteiger partial charge < -0.3 is 5.32 Å². The lowest BCUT2D eigenvalue weighted by Gasteiger charge is -2.05. The zero-order valence-corrected chi connectivity index (χ0v) is 11.6. The van der Waals surface area contributed by atoms with Gasteiger partial charge in [-0.2, -0.15) is 0 Å². The summed E-state index contributed by atoms with van der Waals surface area (Å²) >= 11 is 3.36. The highest BCUT2D eigenvalue weighted by Crippen LogP contribution is 2.25. The van der Waals surface area contributed by atoms with Gasteiger partial charge in [-0.05, 0) is 22.4 Å². The number of nitrogens with zero attached hydrogens (tertiary/aromatic N) is 2. The van der Waals surface area contributed by atoms with Gasteiger partial charge in [0.2, 0.25) is 11.7 Å². The van der Waals surface area contributed by atoms with Gasteiger partial charge in [0.25, 0.3) is 0 Å². The predicted molar refractivity (Wildman–Crippen MR) is 70.9 cm³/mol. The maximum Gasteiger partial charge on any atom is 0.228 e. The second kappa shape index (κ2) is 5.30. The second-order valence-electron chi connectivity index (χ2n) is 4.11. The lowest BCUT2D eigenvalue weighted by molar-refractivity contribution is -0.118. The SMILES string of the molecule is CC(C)C(=O)Nc1nonc1-c1ccc(Br)cc1. The van der Waals surface area contributed by atoms with E-state index < -0.39 is 0 Å². The van der Waals surface area contributed by atoms with E-state index in [-0.39, 0.29) is 11.8 Å². The van der Waals surface area contributed by atoms with Gasteiger partial charge in [0, 0.05) is 16.0 Å². The van der Waals surface area contributed by atoms with Crippen LogP contribution < -0.4 is 5.32 Å². The summed E-state index contributed by atoms with van der Waals surface area (Å²) in [6.45, 7) is 3.62. The van der Waals surface area contributed by atoms with E-state index in [1.807, 2.05) is 38.1 Å². The fourth-order valence-corrected chi connectivity index (χ4v) is 1.59. The molecule has 94 valence electrons. The summed E-state index contributed by atoms with van der Waals surface area (Å²) in [5, 5.41) is 10.2. The third kappa shape index (κ3) is 2.76. The van der Waals surface area contributed by atoms with Crippen molar-refractivity contribution in [2.24, 2.45) is 5.92 Å². The van der Waals surface area contributed by atoms with Crippen LogP contribution in [0.2, 0.25) is 0 Å². The molecular formula is C12H12BrN3O2. The van der Waals surface area contributed by atoms with Crippen LogP contribution in [0, 0.1) is 5.92 Å². The average molecular weight is 310 g/mol. The van der Waals surface area contributed by atoms with Crippen molar-refractivity contribution in [3.8, 4) is 11.3 Å². The van der Waals surface area contributed by atoms with E-state index in [1.165, 1.54) is 0 Å². The van der Waals surface area contributed by atoms with Crippen LogP contribution in [-0.4, -0.2) is 16.2 Å². The first-order valence-electron chi connectivity index (χ1n) is 5.47. The molecule has 0 saturated carbocycles. The third-order valence-electron chi connectivity index (χ3n) is 2.37. The van der Waals surface area contributed by atoms with E-state index in [4.69, 9.17) is 0 Å². The van der Waals surface area contributed by atoms with Crippen molar-refractivity contribution in [2.75, 3.05) is 5.32 Å². The highest BCUT2D eigenvalue weighted by molar-refractivity contribution is 9.10. The van der Waals surface area contributed by atoms with E-state index in [1.54, 1.807) is 0 Å². The minimum Gasteiger partial charge on any atom is -0.306 e. The van der Waals surface area contributed by atoms with Crippen LogP contribution in [0.15, 0.2) is 33.4 Å². The highest BCUT2D eigenvalue weighted by Gasteiger charge is 2.16. The molecule has 0 atom stereocenters. The first-order chi connectivity index (χ1) is 8.58. The van der Waals surface area contributed by atoms with Crippen molar-refractivity contribution in [2.45, 2.75) is 13.8 Å². The Morgan fingerprint density at radius 3 is 2.56 bits per heavy atom. The number of benzene rings is 1. The predicted octanol–water partition coefficient (Wildman–Crippen LogP) is 3.09. The lowest BCUT2D eigenvalue weighted by atomic mass is 10.1. The maximum atomic E-state index is 11.6. The smallest absolute Gasteiger partial charge is 0.228 e. The summed E-state index contributed by atoms with van der Waals surface area (Å²) in [5.41, 5.74) is 1.36. The fraction of sp³-hybridized carbons (Fsp3) is 0.250. The number of aromatic nitrogens is 2. The van der Waals surface area contributed by atoms with Gasteiger partial charge >= 0.3 is 0 Å². The number of nitrogens with one attached hydrogen (secondary N) is 1. The Balaban J connectivity index is 2.27. The molecule has 0 aliphatic carbocycles. The van der Waals surface area contributed by atoms with Crippen molar-refractivity contribution >= 4 is 27.7 Å². The normalized spacial score (nSPS) is 10.7. The van der Waals surface area contributed by atoms with E-state index in [0.29, 0.717) is 11.5 Å². The van der Waals surface area contributed by atoms with Crippen molar-refractivity contribution in [3.63, 3.8) is 0 Å². The second-order valence-corrected chi connectivity index (χ2v) is 5.03. The quantitative estimate of drug-likeness (QED) is 0.946. The molecule has 0 bridgehead atoms. The first kappa shape index (κ1) is 12.8. The topological polar surface area (TPSA) is 68.0 Å². The molecule has 5 nitrogen and oxygen atoms in total. The summed E-state index contributed by atoms with van der Waals surface area (Å²) < 4.78 is 5.65. The largest absolute Gasteiger partial charge is 0.306 e. The van der Waals surface area contributed by atoms with Gasteiger partial charge in [-0.3, -0.25) is 4.79 Å². The molecule has 0 fully saturated rings. The van der Waals surface area contributed by atoms with Crippen LogP contribution in [0.5, 0.6) is 0 Å². The molecule has 6 heteroatoms. The van der Waals surface area contributed by atoms with Crippen LogP contribution in [0.1, 0.15) is 13.8 Å². The molecule has 2 rings (SSSR count). The summed E-state index contributed by atoms with van der Waals surface area (Å²) in [6, 6.07) is 7.51. The molecule has 0 aliphatic rings. The number of carbonyl (C=O) groups excluding carboxylic acids is 1. The summed E-state index contributed by atoms with van der Waals surface area (Å²) in [6.07, 6.45) is 0. The van der Waals surface area contributed by atoms with Crippen LogP contribution in [-0.2, 0) is 4.79 Å². The Bertz CT molecular complexity index is 549. The first-order valence-corrected chi connectivity index (χ1v) is 6.26. The van der Waals surface area contributed by atoms with Gasteiger partial charge in [0.05, 0.1) is 0 Å². The number of amides is 1. The molecule has 1 N–H and O–H groups in total. The minimum absolute atomic E-state index is 0.121. The molecule has 1 heterocycles. The number of hydrogen-bond donors (Lipinski definition) is 1. The van der Waals surface area contributed by atoms with Gasteiger partial charge in [0.1, 0.15) is 0 Å². The molecule has 2 aromatic rings. The van der Waals surface area contributed by atoms with Gasteiger partial charge in [-0.25, -0.2) is 4.63 Å². The molecule has 1 amide bonds. The molecule has 0 saturated heterocycles. The van der Waals surface area contributed by atoms with Crippen LogP contribution >= 0.6 is 15.9 Å². The van der Waals surface area contributed by atoms with E-state index >= 15 is 0 Å². The van der Waals surface area contributed by atoms with E-state index in [2.05, 4.69) is 36.2 Å². The molecular weight excluding hydrogens is 298 g/mol. The Morgan fingerprint density at radius 1 is 1.28 bits per heavy atom.